The summed E-state index contributed by atoms with van der Waals surface area (Å²) in [6, 6.07) is 0. The standard InChI is InChI=1S/C10H12N2O3/c1-8(2)10(14)15-6-3-9(13)12-5-4-11-7-12/h4-5,7H,1,3,6H2,2H3. The van der Waals surface area contributed by atoms with Crippen molar-refractivity contribution in [3.05, 3.63) is 30.9 Å². The van der Waals surface area contributed by atoms with Gasteiger partial charge in [0.2, 0.25) is 5.91 Å². The summed E-state index contributed by atoms with van der Waals surface area (Å²) < 4.78 is 6.12. The number of aromatic nitrogens is 2. The van der Waals surface area contributed by atoms with E-state index in [-0.39, 0.29) is 18.9 Å². The Morgan fingerprint density at radius 1 is 1.53 bits per heavy atom. The lowest BCUT2D eigenvalue weighted by atomic mass is 10.3. The van der Waals surface area contributed by atoms with Crippen LogP contribution in [0.1, 0.15) is 18.1 Å². The molecule has 1 rings (SSSR count). The number of carbonyl (C=O) groups excluding carboxylic acids is 2. The van der Waals surface area contributed by atoms with Gasteiger partial charge in [0.15, 0.2) is 0 Å². The van der Waals surface area contributed by atoms with Gasteiger partial charge in [-0.15, -0.1) is 0 Å². The van der Waals surface area contributed by atoms with Crippen molar-refractivity contribution in [2.45, 2.75) is 13.3 Å². The van der Waals surface area contributed by atoms with Crippen molar-refractivity contribution in [1.82, 2.24) is 9.55 Å². The smallest absolute Gasteiger partial charge is 0.333 e. The van der Waals surface area contributed by atoms with Crippen molar-refractivity contribution in [3.63, 3.8) is 0 Å². The maximum atomic E-state index is 11.4. The zero-order valence-corrected chi connectivity index (χ0v) is 8.47. The van der Waals surface area contributed by atoms with Crippen LogP contribution in [0.2, 0.25) is 0 Å². The van der Waals surface area contributed by atoms with Gasteiger partial charge in [-0.25, -0.2) is 9.78 Å². The molecule has 0 aromatic carbocycles. The number of hydrogen-bond donors (Lipinski definition) is 0. The van der Waals surface area contributed by atoms with Crippen LogP contribution < -0.4 is 0 Å². The van der Waals surface area contributed by atoms with Crippen molar-refractivity contribution in [1.29, 1.82) is 0 Å². The first-order chi connectivity index (χ1) is 7.11. The minimum Gasteiger partial charge on any atom is -0.462 e. The largest absolute Gasteiger partial charge is 0.462 e. The number of imidazole rings is 1. The first-order valence-electron chi connectivity index (χ1n) is 4.45. The van der Waals surface area contributed by atoms with Gasteiger partial charge in [0.1, 0.15) is 12.9 Å². The highest BCUT2D eigenvalue weighted by molar-refractivity contribution is 5.87. The van der Waals surface area contributed by atoms with E-state index < -0.39 is 5.97 Å². The highest BCUT2D eigenvalue weighted by atomic mass is 16.5. The predicted octanol–water partition coefficient (Wildman–Crippen LogP) is 1.03. The minimum absolute atomic E-state index is 0.0582. The van der Waals surface area contributed by atoms with Gasteiger partial charge in [0.25, 0.3) is 0 Å². The van der Waals surface area contributed by atoms with Gasteiger partial charge in [-0.1, -0.05) is 6.58 Å². The van der Waals surface area contributed by atoms with E-state index in [1.54, 1.807) is 13.1 Å². The lowest BCUT2D eigenvalue weighted by Crippen LogP contribution is -2.14. The molecule has 0 aliphatic carbocycles. The Morgan fingerprint density at radius 3 is 2.80 bits per heavy atom. The number of esters is 1. The van der Waals surface area contributed by atoms with Gasteiger partial charge in [-0.3, -0.25) is 9.36 Å². The fourth-order valence-corrected chi connectivity index (χ4v) is 0.890. The third kappa shape index (κ3) is 3.38. The zero-order valence-electron chi connectivity index (χ0n) is 8.47. The molecule has 0 saturated heterocycles. The molecule has 0 fully saturated rings. The average Bonchev–Trinajstić information content (AvgIpc) is 2.70. The Morgan fingerprint density at radius 2 is 2.27 bits per heavy atom. The highest BCUT2D eigenvalue weighted by Crippen LogP contribution is 1.96. The van der Waals surface area contributed by atoms with Crippen LogP contribution in [0.4, 0.5) is 0 Å². The SMILES string of the molecule is C=C(C)C(=O)OCCC(=O)n1ccnc1. The molecule has 0 spiro atoms. The van der Waals surface area contributed by atoms with E-state index in [0.29, 0.717) is 5.57 Å². The fourth-order valence-electron chi connectivity index (χ4n) is 0.890. The molecule has 5 nitrogen and oxygen atoms in total. The quantitative estimate of drug-likeness (QED) is 0.547. The maximum absolute atomic E-state index is 11.4. The van der Waals surface area contributed by atoms with Gasteiger partial charge >= 0.3 is 5.97 Å². The summed E-state index contributed by atoms with van der Waals surface area (Å²) in [4.78, 5) is 26.1. The second kappa shape index (κ2) is 5.09. The molecule has 1 heterocycles. The van der Waals surface area contributed by atoms with Crippen molar-refractivity contribution in [2.75, 3.05) is 6.61 Å². The average molecular weight is 208 g/mol. The van der Waals surface area contributed by atoms with E-state index in [0.717, 1.165) is 0 Å². The molecule has 0 aliphatic heterocycles. The first-order valence-corrected chi connectivity index (χ1v) is 4.45. The molecule has 0 saturated carbocycles. The normalized spacial score (nSPS) is 9.67. The number of nitrogens with zero attached hydrogens (tertiary/aromatic N) is 2. The number of hydrogen-bond acceptors (Lipinski definition) is 4. The Bertz CT molecular complexity index is 368. The summed E-state index contributed by atoms with van der Waals surface area (Å²) in [5.74, 6) is -0.643. The van der Waals surface area contributed by atoms with Crippen LogP contribution in [-0.4, -0.2) is 28.0 Å². The van der Waals surface area contributed by atoms with Crippen LogP contribution in [0.15, 0.2) is 30.9 Å². The Hall–Kier alpha value is -1.91. The molecule has 15 heavy (non-hydrogen) atoms. The van der Waals surface area contributed by atoms with E-state index in [9.17, 15) is 9.59 Å². The van der Waals surface area contributed by atoms with Gasteiger partial charge in [-0.2, -0.15) is 0 Å². The Balaban J connectivity index is 2.30. The van der Waals surface area contributed by atoms with Crippen molar-refractivity contribution < 1.29 is 14.3 Å². The lowest BCUT2D eigenvalue weighted by molar-refractivity contribution is -0.138. The summed E-state index contributed by atoms with van der Waals surface area (Å²) in [7, 11) is 0. The molecule has 0 aliphatic rings. The summed E-state index contributed by atoms with van der Waals surface area (Å²) in [6.45, 7) is 5.04. The molecule has 0 unspecified atom stereocenters. The molecule has 0 atom stereocenters. The van der Waals surface area contributed by atoms with E-state index >= 15 is 0 Å². The van der Waals surface area contributed by atoms with Crippen LogP contribution in [0.5, 0.6) is 0 Å². The Kier molecular flexibility index (Phi) is 3.79. The summed E-state index contributed by atoms with van der Waals surface area (Å²) in [5.41, 5.74) is 0.324. The van der Waals surface area contributed by atoms with E-state index in [2.05, 4.69) is 11.6 Å². The predicted molar refractivity (Wildman–Crippen MR) is 53.2 cm³/mol. The third-order valence-corrected chi connectivity index (χ3v) is 1.69. The summed E-state index contributed by atoms with van der Waals surface area (Å²) >= 11 is 0. The molecule has 0 N–H and O–H groups in total. The van der Waals surface area contributed by atoms with E-state index in [4.69, 9.17) is 4.74 Å². The van der Waals surface area contributed by atoms with Gasteiger partial charge in [0, 0.05) is 18.0 Å². The van der Waals surface area contributed by atoms with E-state index in [1.807, 2.05) is 0 Å². The maximum Gasteiger partial charge on any atom is 0.333 e. The third-order valence-electron chi connectivity index (χ3n) is 1.69. The molecule has 5 heteroatoms. The number of rotatable bonds is 4. The van der Waals surface area contributed by atoms with E-state index in [1.165, 1.54) is 17.1 Å². The van der Waals surface area contributed by atoms with Crippen LogP contribution in [0.3, 0.4) is 0 Å². The monoisotopic (exact) mass is 208 g/mol. The highest BCUT2D eigenvalue weighted by Gasteiger charge is 2.07. The molecule has 1 aromatic rings. The molecular formula is C10H12N2O3. The Labute approximate surface area is 87.4 Å². The molecule has 0 amide bonds. The van der Waals surface area contributed by atoms with Gasteiger partial charge < -0.3 is 4.74 Å². The summed E-state index contributed by atoms with van der Waals surface area (Å²) in [5, 5.41) is 0. The van der Waals surface area contributed by atoms with Crippen LogP contribution >= 0.6 is 0 Å². The van der Waals surface area contributed by atoms with Crippen LogP contribution in [0, 0.1) is 0 Å². The molecular weight excluding hydrogens is 196 g/mol. The zero-order chi connectivity index (χ0) is 11.3. The summed E-state index contributed by atoms with van der Waals surface area (Å²) in [6.07, 6.45) is 4.60. The van der Waals surface area contributed by atoms with Crippen molar-refractivity contribution in [3.8, 4) is 0 Å². The number of carbonyl (C=O) groups is 2. The number of ether oxygens (including phenoxy) is 1. The van der Waals surface area contributed by atoms with Crippen LogP contribution in [-0.2, 0) is 9.53 Å². The second-order valence-electron chi connectivity index (χ2n) is 3.03. The van der Waals surface area contributed by atoms with Crippen molar-refractivity contribution >= 4 is 11.9 Å². The minimum atomic E-state index is -0.478. The lowest BCUT2D eigenvalue weighted by Gasteiger charge is -2.03. The van der Waals surface area contributed by atoms with Gasteiger partial charge in [0.05, 0.1) is 6.42 Å². The molecule has 0 bridgehead atoms. The van der Waals surface area contributed by atoms with Crippen LogP contribution in [0.25, 0.3) is 0 Å². The van der Waals surface area contributed by atoms with Gasteiger partial charge in [-0.05, 0) is 6.92 Å². The second-order valence-corrected chi connectivity index (χ2v) is 3.03. The molecule has 80 valence electrons. The van der Waals surface area contributed by atoms with Crippen molar-refractivity contribution in [2.24, 2.45) is 0 Å². The first kappa shape index (κ1) is 11.2. The molecule has 1 aromatic heterocycles. The molecule has 0 radical (unpaired) electrons. The fraction of sp³-hybridized carbons (Fsp3) is 0.300. The topological polar surface area (TPSA) is 61.2 Å².